The summed E-state index contributed by atoms with van der Waals surface area (Å²) in [5, 5.41) is 4.38. The van der Waals surface area contributed by atoms with Crippen molar-refractivity contribution in [3.8, 4) is 11.5 Å². The normalized spacial score (nSPS) is 12.2. The van der Waals surface area contributed by atoms with E-state index in [1.807, 2.05) is 32.2 Å². The van der Waals surface area contributed by atoms with Crippen LogP contribution in [0.2, 0.25) is 0 Å². The van der Waals surface area contributed by atoms with Gasteiger partial charge in [0.15, 0.2) is 11.5 Å². The van der Waals surface area contributed by atoms with Crippen molar-refractivity contribution in [1.82, 2.24) is 10.3 Å². The van der Waals surface area contributed by atoms with Gasteiger partial charge in [0, 0.05) is 4.88 Å². The van der Waals surface area contributed by atoms with Crippen molar-refractivity contribution < 1.29 is 9.47 Å². The van der Waals surface area contributed by atoms with Gasteiger partial charge in [-0.25, -0.2) is 4.98 Å². The van der Waals surface area contributed by atoms with Gasteiger partial charge in [0.1, 0.15) is 5.01 Å². The number of rotatable bonds is 5. The molecule has 1 aromatic heterocycles. The van der Waals surface area contributed by atoms with Gasteiger partial charge in [-0.3, -0.25) is 0 Å². The van der Waals surface area contributed by atoms with E-state index in [2.05, 4.69) is 17.2 Å². The standard InChI is InChI=1S/C15H20N2O2S/c1-9-10(2)20-15(17-9)14(16-3)11-6-7-12(18-4)13(8-11)19-5/h6-8,14,16H,1-5H3. The van der Waals surface area contributed by atoms with Crippen LogP contribution in [0, 0.1) is 13.8 Å². The lowest BCUT2D eigenvalue weighted by molar-refractivity contribution is 0.354. The van der Waals surface area contributed by atoms with Crippen LogP contribution in [-0.2, 0) is 0 Å². The van der Waals surface area contributed by atoms with Gasteiger partial charge in [-0.2, -0.15) is 0 Å². The zero-order valence-electron chi connectivity index (χ0n) is 12.5. The Kier molecular flexibility index (Phi) is 4.62. The van der Waals surface area contributed by atoms with Gasteiger partial charge in [0.05, 0.1) is 26.0 Å². The highest BCUT2D eigenvalue weighted by Gasteiger charge is 2.18. The summed E-state index contributed by atoms with van der Waals surface area (Å²) in [6.07, 6.45) is 0. The Balaban J connectivity index is 2.41. The Morgan fingerprint density at radius 2 is 1.85 bits per heavy atom. The van der Waals surface area contributed by atoms with E-state index in [9.17, 15) is 0 Å². The first-order chi connectivity index (χ1) is 9.60. The quantitative estimate of drug-likeness (QED) is 0.919. The molecule has 1 aromatic carbocycles. The Bertz CT molecular complexity index is 576. The van der Waals surface area contributed by atoms with Crippen molar-refractivity contribution in [2.75, 3.05) is 21.3 Å². The van der Waals surface area contributed by atoms with Crippen LogP contribution in [0.4, 0.5) is 0 Å². The molecule has 20 heavy (non-hydrogen) atoms. The van der Waals surface area contributed by atoms with Gasteiger partial charge >= 0.3 is 0 Å². The molecule has 0 bridgehead atoms. The van der Waals surface area contributed by atoms with Crippen molar-refractivity contribution in [1.29, 1.82) is 0 Å². The van der Waals surface area contributed by atoms with Gasteiger partial charge in [-0.05, 0) is 38.6 Å². The van der Waals surface area contributed by atoms with Crippen LogP contribution in [0.25, 0.3) is 0 Å². The Morgan fingerprint density at radius 1 is 1.15 bits per heavy atom. The molecule has 0 radical (unpaired) electrons. The molecule has 0 saturated carbocycles. The first kappa shape index (κ1) is 14.8. The molecule has 0 saturated heterocycles. The molecular formula is C15H20N2O2S. The Morgan fingerprint density at radius 3 is 2.35 bits per heavy atom. The second-order valence-electron chi connectivity index (χ2n) is 4.53. The molecule has 0 aliphatic carbocycles. The number of benzene rings is 1. The predicted octanol–water partition coefficient (Wildman–Crippen LogP) is 3.09. The van der Waals surface area contributed by atoms with E-state index in [0.717, 1.165) is 27.8 Å². The Hall–Kier alpha value is -1.59. The fourth-order valence-corrected chi connectivity index (χ4v) is 3.15. The summed E-state index contributed by atoms with van der Waals surface area (Å²) >= 11 is 1.72. The maximum atomic E-state index is 5.37. The highest BCUT2D eigenvalue weighted by molar-refractivity contribution is 7.11. The fraction of sp³-hybridized carbons (Fsp3) is 0.400. The smallest absolute Gasteiger partial charge is 0.161 e. The van der Waals surface area contributed by atoms with Crippen molar-refractivity contribution in [2.24, 2.45) is 0 Å². The van der Waals surface area contributed by atoms with Gasteiger partial charge < -0.3 is 14.8 Å². The molecule has 0 aliphatic rings. The number of thiazole rings is 1. The lowest BCUT2D eigenvalue weighted by Crippen LogP contribution is -2.17. The second-order valence-corrected chi connectivity index (χ2v) is 5.76. The van der Waals surface area contributed by atoms with E-state index in [-0.39, 0.29) is 6.04 Å². The average molecular weight is 292 g/mol. The maximum absolute atomic E-state index is 5.37. The van der Waals surface area contributed by atoms with Crippen molar-refractivity contribution in [2.45, 2.75) is 19.9 Å². The van der Waals surface area contributed by atoms with Gasteiger partial charge in [-0.1, -0.05) is 6.07 Å². The molecule has 1 atom stereocenters. The van der Waals surface area contributed by atoms with Crippen LogP contribution in [0.5, 0.6) is 11.5 Å². The number of aryl methyl sites for hydroxylation is 2. The van der Waals surface area contributed by atoms with E-state index in [0.29, 0.717) is 0 Å². The van der Waals surface area contributed by atoms with Crippen molar-refractivity contribution >= 4 is 11.3 Å². The maximum Gasteiger partial charge on any atom is 0.161 e. The van der Waals surface area contributed by atoms with Crippen LogP contribution < -0.4 is 14.8 Å². The minimum absolute atomic E-state index is 0.0622. The fourth-order valence-electron chi connectivity index (χ4n) is 2.09. The number of ether oxygens (including phenoxy) is 2. The van der Waals surface area contributed by atoms with Gasteiger partial charge in [0.25, 0.3) is 0 Å². The first-order valence-electron chi connectivity index (χ1n) is 6.43. The molecule has 1 N–H and O–H groups in total. The number of nitrogens with zero attached hydrogens (tertiary/aromatic N) is 1. The highest BCUT2D eigenvalue weighted by Crippen LogP contribution is 2.33. The van der Waals surface area contributed by atoms with Gasteiger partial charge in [-0.15, -0.1) is 11.3 Å². The molecular weight excluding hydrogens is 272 g/mol. The lowest BCUT2D eigenvalue weighted by Gasteiger charge is -2.16. The highest BCUT2D eigenvalue weighted by atomic mass is 32.1. The summed E-state index contributed by atoms with van der Waals surface area (Å²) in [5.41, 5.74) is 2.20. The monoisotopic (exact) mass is 292 g/mol. The summed E-state index contributed by atoms with van der Waals surface area (Å²) in [7, 11) is 5.22. The summed E-state index contributed by atoms with van der Waals surface area (Å²) < 4.78 is 10.6. The topological polar surface area (TPSA) is 43.4 Å². The van der Waals surface area contributed by atoms with Crippen LogP contribution in [0.3, 0.4) is 0 Å². The summed E-state index contributed by atoms with van der Waals surface area (Å²) in [5.74, 6) is 1.47. The molecule has 0 aliphatic heterocycles. The minimum Gasteiger partial charge on any atom is -0.493 e. The third-order valence-corrected chi connectivity index (χ3v) is 4.46. The zero-order chi connectivity index (χ0) is 14.7. The molecule has 0 spiro atoms. The molecule has 108 valence electrons. The van der Waals surface area contributed by atoms with E-state index >= 15 is 0 Å². The van der Waals surface area contributed by atoms with Gasteiger partial charge in [0.2, 0.25) is 0 Å². The summed E-state index contributed by atoms with van der Waals surface area (Å²) in [4.78, 5) is 5.89. The summed E-state index contributed by atoms with van der Waals surface area (Å²) in [6, 6.07) is 6.01. The van der Waals surface area contributed by atoms with Crippen LogP contribution >= 0.6 is 11.3 Å². The van der Waals surface area contributed by atoms with E-state index in [1.54, 1.807) is 25.6 Å². The third-order valence-electron chi connectivity index (χ3n) is 3.32. The molecule has 1 unspecified atom stereocenters. The van der Waals surface area contributed by atoms with Crippen LogP contribution in [-0.4, -0.2) is 26.3 Å². The number of hydrogen-bond donors (Lipinski definition) is 1. The average Bonchev–Trinajstić information content (AvgIpc) is 2.79. The van der Waals surface area contributed by atoms with E-state index in [4.69, 9.17) is 9.47 Å². The molecule has 2 aromatic rings. The van der Waals surface area contributed by atoms with E-state index < -0.39 is 0 Å². The predicted molar refractivity (Wildman–Crippen MR) is 82.0 cm³/mol. The molecule has 0 fully saturated rings. The van der Waals surface area contributed by atoms with Crippen molar-refractivity contribution in [3.63, 3.8) is 0 Å². The molecule has 5 heteroatoms. The van der Waals surface area contributed by atoms with Crippen molar-refractivity contribution in [3.05, 3.63) is 39.3 Å². The number of hydrogen-bond acceptors (Lipinski definition) is 5. The van der Waals surface area contributed by atoms with Crippen LogP contribution in [0.1, 0.15) is 27.2 Å². The number of aromatic nitrogens is 1. The van der Waals surface area contributed by atoms with E-state index in [1.165, 1.54) is 4.88 Å². The van der Waals surface area contributed by atoms with Crippen LogP contribution in [0.15, 0.2) is 18.2 Å². The number of nitrogens with one attached hydrogen (secondary N) is 1. The molecule has 0 amide bonds. The second kappa shape index (κ2) is 6.24. The molecule has 4 nitrogen and oxygen atoms in total. The SMILES string of the molecule is CNC(c1ccc(OC)c(OC)c1)c1nc(C)c(C)s1. The minimum atomic E-state index is 0.0622. The number of methoxy groups -OCH3 is 2. The summed E-state index contributed by atoms with van der Waals surface area (Å²) in [6.45, 7) is 4.13. The largest absolute Gasteiger partial charge is 0.493 e. The Labute approximate surface area is 123 Å². The third kappa shape index (κ3) is 2.78. The lowest BCUT2D eigenvalue weighted by atomic mass is 10.1. The zero-order valence-corrected chi connectivity index (χ0v) is 13.3. The molecule has 2 rings (SSSR count). The first-order valence-corrected chi connectivity index (χ1v) is 7.25. The molecule has 1 heterocycles.